The van der Waals surface area contributed by atoms with Crippen LogP contribution in [0.5, 0.6) is 5.75 Å². The third-order valence-electron chi connectivity index (χ3n) is 3.97. The van der Waals surface area contributed by atoms with Gasteiger partial charge in [-0.25, -0.2) is 4.79 Å². The molecule has 2 N–H and O–H groups in total. The molecule has 2 amide bonds. The van der Waals surface area contributed by atoms with Crippen molar-refractivity contribution >= 4 is 12.0 Å². The summed E-state index contributed by atoms with van der Waals surface area (Å²) >= 11 is 0. The topological polar surface area (TPSA) is 78.9 Å². The van der Waals surface area contributed by atoms with Crippen LogP contribution in [0.25, 0.3) is 0 Å². The standard InChI is InChI=1S/C19H30N2O4/c1-5-6-7-10-25-17-11-14(2)8-9-16(17)12-20-19(24)21(4)13-15(3)18(22)23/h8-9,11,15H,5-7,10,12-13H2,1-4H3,(H,20,24)(H,22,23). The Morgan fingerprint density at radius 2 is 2.04 bits per heavy atom. The average Bonchev–Trinajstić information content (AvgIpc) is 2.57. The maximum atomic E-state index is 12.1. The summed E-state index contributed by atoms with van der Waals surface area (Å²) in [6, 6.07) is 5.61. The molecule has 1 aromatic carbocycles. The lowest BCUT2D eigenvalue weighted by Gasteiger charge is -2.20. The monoisotopic (exact) mass is 350 g/mol. The van der Waals surface area contributed by atoms with Gasteiger partial charge in [0, 0.05) is 25.7 Å². The highest BCUT2D eigenvalue weighted by Gasteiger charge is 2.17. The number of carbonyl (C=O) groups excluding carboxylic acids is 1. The quantitative estimate of drug-likeness (QED) is 0.634. The van der Waals surface area contributed by atoms with E-state index in [1.165, 1.54) is 4.90 Å². The van der Waals surface area contributed by atoms with Crippen LogP contribution in [0.3, 0.4) is 0 Å². The van der Waals surface area contributed by atoms with Crippen LogP contribution in [-0.4, -0.2) is 42.2 Å². The van der Waals surface area contributed by atoms with E-state index in [-0.39, 0.29) is 12.6 Å². The number of amides is 2. The molecule has 0 aliphatic rings. The molecular formula is C19H30N2O4. The van der Waals surface area contributed by atoms with Gasteiger partial charge in [-0.2, -0.15) is 0 Å². The Hall–Kier alpha value is -2.24. The van der Waals surface area contributed by atoms with E-state index in [0.717, 1.165) is 36.1 Å². The van der Waals surface area contributed by atoms with Crippen molar-refractivity contribution in [1.82, 2.24) is 10.2 Å². The Balaban J connectivity index is 2.60. The lowest BCUT2D eigenvalue weighted by atomic mass is 10.1. The van der Waals surface area contributed by atoms with E-state index in [9.17, 15) is 9.59 Å². The van der Waals surface area contributed by atoms with Gasteiger partial charge in [-0.05, 0) is 25.0 Å². The Kier molecular flexibility index (Phi) is 8.81. The first-order valence-electron chi connectivity index (χ1n) is 8.79. The third kappa shape index (κ3) is 7.45. The van der Waals surface area contributed by atoms with E-state index >= 15 is 0 Å². The zero-order valence-electron chi connectivity index (χ0n) is 15.7. The van der Waals surface area contributed by atoms with E-state index < -0.39 is 11.9 Å². The van der Waals surface area contributed by atoms with Gasteiger partial charge in [0.25, 0.3) is 0 Å². The maximum Gasteiger partial charge on any atom is 0.317 e. The number of ether oxygens (including phenoxy) is 1. The third-order valence-corrected chi connectivity index (χ3v) is 3.97. The average molecular weight is 350 g/mol. The summed E-state index contributed by atoms with van der Waals surface area (Å²) in [5.41, 5.74) is 2.02. The zero-order valence-corrected chi connectivity index (χ0v) is 15.7. The molecule has 6 nitrogen and oxygen atoms in total. The molecule has 0 aliphatic carbocycles. The van der Waals surface area contributed by atoms with Crippen molar-refractivity contribution in [2.24, 2.45) is 5.92 Å². The number of benzene rings is 1. The second-order valence-electron chi connectivity index (χ2n) is 6.45. The van der Waals surface area contributed by atoms with Crippen LogP contribution in [0.15, 0.2) is 18.2 Å². The molecule has 0 heterocycles. The molecule has 140 valence electrons. The second kappa shape index (κ2) is 10.6. The lowest BCUT2D eigenvalue weighted by Crippen LogP contribution is -2.40. The van der Waals surface area contributed by atoms with Gasteiger partial charge in [0.2, 0.25) is 0 Å². The Bertz CT molecular complexity index is 575. The van der Waals surface area contributed by atoms with Gasteiger partial charge < -0.3 is 20.1 Å². The van der Waals surface area contributed by atoms with Crippen molar-refractivity contribution in [2.45, 2.75) is 46.6 Å². The molecule has 1 rings (SSSR count). The first-order valence-corrected chi connectivity index (χ1v) is 8.79. The number of carboxylic acids is 1. The molecule has 0 fully saturated rings. The van der Waals surface area contributed by atoms with Gasteiger partial charge in [-0.15, -0.1) is 0 Å². The van der Waals surface area contributed by atoms with Crippen LogP contribution in [0, 0.1) is 12.8 Å². The number of carboxylic acid groups (broad SMARTS) is 1. The van der Waals surface area contributed by atoms with Crippen LogP contribution >= 0.6 is 0 Å². The predicted octanol–water partition coefficient (Wildman–Crippen LogP) is 3.43. The van der Waals surface area contributed by atoms with Crippen LogP contribution in [-0.2, 0) is 11.3 Å². The summed E-state index contributed by atoms with van der Waals surface area (Å²) in [5, 5.41) is 11.7. The number of nitrogens with one attached hydrogen (secondary N) is 1. The molecule has 25 heavy (non-hydrogen) atoms. The number of unbranched alkanes of at least 4 members (excludes halogenated alkanes) is 2. The minimum Gasteiger partial charge on any atom is -0.493 e. The van der Waals surface area contributed by atoms with Crippen LogP contribution in [0.1, 0.15) is 44.2 Å². The molecule has 1 aromatic rings. The van der Waals surface area contributed by atoms with E-state index in [1.54, 1.807) is 14.0 Å². The summed E-state index contributed by atoms with van der Waals surface area (Å²) in [7, 11) is 1.59. The van der Waals surface area contributed by atoms with Crippen molar-refractivity contribution in [2.75, 3.05) is 20.2 Å². The minimum absolute atomic E-state index is 0.162. The molecule has 0 aliphatic heterocycles. The number of hydrogen-bond donors (Lipinski definition) is 2. The largest absolute Gasteiger partial charge is 0.493 e. The first kappa shape index (κ1) is 20.8. The molecule has 6 heteroatoms. The number of nitrogens with zero attached hydrogens (tertiary/aromatic N) is 1. The van der Waals surface area contributed by atoms with Crippen LogP contribution in [0.2, 0.25) is 0 Å². The van der Waals surface area contributed by atoms with Crippen molar-refractivity contribution in [3.8, 4) is 5.75 Å². The fourth-order valence-corrected chi connectivity index (χ4v) is 2.35. The Morgan fingerprint density at radius 3 is 2.68 bits per heavy atom. The molecule has 0 saturated heterocycles. The normalized spacial score (nSPS) is 11.7. The van der Waals surface area contributed by atoms with Gasteiger partial charge in [-0.1, -0.05) is 38.8 Å². The van der Waals surface area contributed by atoms with E-state index in [0.29, 0.717) is 13.2 Å². The summed E-state index contributed by atoms with van der Waals surface area (Å²) in [4.78, 5) is 24.4. The molecular weight excluding hydrogens is 320 g/mol. The fraction of sp³-hybridized carbons (Fsp3) is 0.579. The van der Waals surface area contributed by atoms with Crippen molar-refractivity contribution < 1.29 is 19.4 Å². The van der Waals surface area contributed by atoms with E-state index in [1.807, 2.05) is 25.1 Å². The maximum absolute atomic E-state index is 12.1. The van der Waals surface area contributed by atoms with Gasteiger partial charge in [-0.3, -0.25) is 4.79 Å². The van der Waals surface area contributed by atoms with Gasteiger partial charge in [0.05, 0.1) is 12.5 Å². The molecule has 1 atom stereocenters. The number of aliphatic carboxylic acids is 1. The van der Waals surface area contributed by atoms with Crippen molar-refractivity contribution in [3.05, 3.63) is 29.3 Å². The van der Waals surface area contributed by atoms with Crippen molar-refractivity contribution in [1.29, 1.82) is 0 Å². The summed E-state index contributed by atoms with van der Waals surface area (Å²) < 4.78 is 5.87. The fourth-order valence-electron chi connectivity index (χ4n) is 2.35. The Labute approximate surface area is 150 Å². The van der Waals surface area contributed by atoms with Gasteiger partial charge >= 0.3 is 12.0 Å². The summed E-state index contributed by atoms with van der Waals surface area (Å²) in [6.45, 7) is 6.89. The molecule has 0 saturated carbocycles. The van der Waals surface area contributed by atoms with Gasteiger partial charge in [0.15, 0.2) is 0 Å². The molecule has 0 radical (unpaired) electrons. The van der Waals surface area contributed by atoms with Crippen LogP contribution in [0.4, 0.5) is 4.79 Å². The number of aryl methyl sites for hydroxylation is 1. The molecule has 0 spiro atoms. The van der Waals surface area contributed by atoms with Crippen LogP contribution < -0.4 is 10.1 Å². The summed E-state index contributed by atoms with van der Waals surface area (Å²) in [5.74, 6) is -0.730. The SMILES string of the molecule is CCCCCOc1cc(C)ccc1CNC(=O)N(C)CC(C)C(=O)O. The molecule has 0 bridgehead atoms. The smallest absolute Gasteiger partial charge is 0.317 e. The highest BCUT2D eigenvalue weighted by molar-refractivity contribution is 5.75. The number of rotatable bonds is 10. The Morgan fingerprint density at radius 1 is 1.32 bits per heavy atom. The van der Waals surface area contributed by atoms with Gasteiger partial charge in [0.1, 0.15) is 5.75 Å². The molecule has 0 aromatic heterocycles. The minimum atomic E-state index is -0.916. The highest BCUT2D eigenvalue weighted by atomic mass is 16.5. The number of carbonyl (C=O) groups is 2. The predicted molar refractivity (Wildman–Crippen MR) is 97.9 cm³/mol. The zero-order chi connectivity index (χ0) is 18.8. The van der Waals surface area contributed by atoms with E-state index in [4.69, 9.17) is 9.84 Å². The number of hydrogen-bond acceptors (Lipinski definition) is 3. The number of urea groups is 1. The molecule has 1 unspecified atom stereocenters. The lowest BCUT2D eigenvalue weighted by molar-refractivity contribution is -0.141. The highest BCUT2D eigenvalue weighted by Crippen LogP contribution is 2.21. The summed E-state index contributed by atoms with van der Waals surface area (Å²) in [6.07, 6.45) is 3.28. The van der Waals surface area contributed by atoms with Crippen molar-refractivity contribution in [3.63, 3.8) is 0 Å². The first-order chi connectivity index (χ1) is 11.8. The second-order valence-corrected chi connectivity index (χ2v) is 6.45. The van der Waals surface area contributed by atoms with E-state index in [2.05, 4.69) is 12.2 Å².